The number of nitrogens with zero attached hydrogens (tertiary/aromatic N) is 3. The van der Waals surface area contributed by atoms with Gasteiger partial charge in [-0.05, 0) is 61.3 Å². The van der Waals surface area contributed by atoms with E-state index in [1.165, 1.54) is 0 Å². The predicted octanol–water partition coefficient (Wildman–Crippen LogP) is 0.932. The first kappa shape index (κ1) is 40.6. The topological polar surface area (TPSA) is 189 Å². The van der Waals surface area contributed by atoms with Crippen molar-refractivity contribution in [2.45, 2.75) is 91.3 Å². The van der Waals surface area contributed by atoms with Gasteiger partial charge in [0.2, 0.25) is 11.8 Å². The van der Waals surface area contributed by atoms with Crippen LogP contribution in [0.2, 0.25) is 0 Å². The van der Waals surface area contributed by atoms with Crippen LogP contribution in [0.15, 0.2) is 10.3 Å². The van der Waals surface area contributed by atoms with Crippen molar-refractivity contribution < 1.29 is 34.6 Å². The Morgan fingerprint density at radius 3 is 1.65 bits per heavy atom. The maximum atomic E-state index is 12.3. The first-order chi connectivity index (χ1) is 20.2. The summed E-state index contributed by atoms with van der Waals surface area (Å²) in [5.41, 5.74) is 0.223. The van der Waals surface area contributed by atoms with E-state index in [0.29, 0.717) is 90.1 Å². The molecule has 0 aliphatic rings. The summed E-state index contributed by atoms with van der Waals surface area (Å²) in [6, 6.07) is 0. The molecule has 0 aromatic carbocycles. The average molecular weight is 618 g/mol. The Kier molecular flexibility index (Phi) is 21.8. The molecule has 0 fully saturated rings. The summed E-state index contributed by atoms with van der Waals surface area (Å²) in [6.45, 7) is 18.9. The number of carbonyl (C=O) groups excluding carboxylic acids is 2. The lowest BCUT2D eigenvalue weighted by Crippen LogP contribution is -2.51. The SMILES string of the molecule is C/C(=N/O)C(C)(C)NCCN(CCNC(=O)CCC(=O)NCCOCCOCCCC(C)O)CCNC(C)(C)/C(C)=N\O. The highest BCUT2D eigenvalue weighted by Gasteiger charge is 2.23. The number of aliphatic hydroxyl groups is 1. The molecule has 0 saturated heterocycles. The molecule has 0 rings (SSSR count). The van der Waals surface area contributed by atoms with Crippen LogP contribution in [0.25, 0.3) is 0 Å². The summed E-state index contributed by atoms with van der Waals surface area (Å²) in [5.74, 6) is -0.400. The fraction of sp³-hybridized carbons (Fsp3) is 0.862. The molecule has 7 N–H and O–H groups in total. The van der Waals surface area contributed by atoms with Crippen molar-refractivity contribution in [2.24, 2.45) is 10.3 Å². The zero-order valence-corrected chi connectivity index (χ0v) is 27.5. The minimum absolute atomic E-state index is 0.0947. The monoisotopic (exact) mass is 617 g/mol. The van der Waals surface area contributed by atoms with E-state index in [2.05, 4.69) is 36.5 Å². The van der Waals surface area contributed by atoms with E-state index < -0.39 is 11.1 Å². The van der Waals surface area contributed by atoms with Crippen molar-refractivity contribution in [3.8, 4) is 0 Å². The lowest BCUT2D eigenvalue weighted by molar-refractivity contribution is -0.126. The number of ether oxygens (including phenoxy) is 2. The lowest BCUT2D eigenvalue weighted by Gasteiger charge is -2.30. The molecule has 0 aromatic heterocycles. The molecule has 14 nitrogen and oxygen atoms in total. The normalized spacial score (nSPS) is 13.8. The summed E-state index contributed by atoms with van der Waals surface area (Å²) < 4.78 is 10.8. The zero-order chi connectivity index (χ0) is 32.7. The summed E-state index contributed by atoms with van der Waals surface area (Å²) in [5, 5.41) is 46.5. The molecule has 0 heterocycles. The molecule has 0 spiro atoms. The summed E-state index contributed by atoms with van der Waals surface area (Å²) in [4.78, 5) is 26.6. The number of rotatable bonds is 26. The van der Waals surface area contributed by atoms with Gasteiger partial charge in [0, 0.05) is 65.3 Å². The lowest BCUT2D eigenvalue weighted by atomic mass is 9.99. The Balaban J connectivity index is 4.37. The summed E-state index contributed by atoms with van der Waals surface area (Å²) in [7, 11) is 0. The third kappa shape index (κ3) is 21.1. The van der Waals surface area contributed by atoms with Crippen LogP contribution in [-0.4, -0.2) is 133 Å². The first-order valence-electron chi connectivity index (χ1n) is 15.2. The van der Waals surface area contributed by atoms with E-state index in [4.69, 9.17) is 19.9 Å². The van der Waals surface area contributed by atoms with Crippen LogP contribution < -0.4 is 21.3 Å². The summed E-state index contributed by atoms with van der Waals surface area (Å²) in [6.07, 6.45) is 1.39. The molecule has 0 bridgehead atoms. The van der Waals surface area contributed by atoms with Crippen LogP contribution in [0.5, 0.6) is 0 Å². The number of oxime groups is 2. The van der Waals surface area contributed by atoms with Crippen molar-refractivity contribution in [3.05, 3.63) is 0 Å². The van der Waals surface area contributed by atoms with E-state index >= 15 is 0 Å². The molecule has 2 amide bonds. The van der Waals surface area contributed by atoms with E-state index in [1.807, 2.05) is 27.7 Å². The average Bonchev–Trinajstić information content (AvgIpc) is 2.95. The van der Waals surface area contributed by atoms with E-state index in [9.17, 15) is 14.7 Å². The van der Waals surface area contributed by atoms with Crippen LogP contribution in [0.4, 0.5) is 0 Å². The molecule has 1 unspecified atom stereocenters. The van der Waals surface area contributed by atoms with E-state index in [0.717, 1.165) is 6.42 Å². The van der Waals surface area contributed by atoms with Crippen molar-refractivity contribution >= 4 is 23.2 Å². The second-order valence-electron chi connectivity index (χ2n) is 11.7. The van der Waals surface area contributed by atoms with Crippen LogP contribution in [-0.2, 0) is 19.1 Å². The first-order valence-corrected chi connectivity index (χ1v) is 15.2. The number of amides is 2. The Hall–Kier alpha value is -2.36. The fourth-order valence-electron chi connectivity index (χ4n) is 3.72. The molecule has 0 aromatic rings. The number of nitrogens with one attached hydrogen (secondary N) is 4. The van der Waals surface area contributed by atoms with Gasteiger partial charge in [-0.25, -0.2) is 0 Å². The standard InChI is InChI=1S/C29H59N7O7/c1-23(37)9-8-19-42-21-22-43-20-15-31-27(39)11-10-26(38)30-12-16-36(17-13-32-28(4,5)24(2)34-40)18-14-33-29(6,7)25(3)35-41/h23,32-33,37,40-41H,8-22H2,1-7H3,(H,30,38)(H,31,39)/b34-24-,35-25-. The van der Waals surface area contributed by atoms with Gasteiger partial charge < -0.3 is 46.3 Å². The smallest absolute Gasteiger partial charge is 0.220 e. The van der Waals surface area contributed by atoms with Gasteiger partial charge in [-0.1, -0.05) is 10.3 Å². The Bertz CT molecular complexity index is 800. The number of aliphatic hydroxyl groups excluding tert-OH is 1. The fourth-order valence-corrected chi connectivity index (χ4v) is 3.72. The molecule has 14 heteroatoms. The van der Waals surface area contributed by atoms with Gasteiger partial charge in [-0.15, -0.1) is 0 Å². The molecule has 0 aliphatic heterocycles. The maximum absolute atomic E-state index is 12.3. The molecule has 0 radical (unpaired) electrons. The molecular formula is C29H59N7O7. The molecule has 0 aliphatic carbocycles. The van der Waals surface area contributed by atoms with Crippen molar-refractivity contribution in [2.75, 3.05) is 72.2 Å². The van der Waals surface area contributed by atoms with Gasteiger partial charge >= 0.3 is 0 Å². The third-order valence-corrected chi connectivity index (χ3v) is 7.28. The quantitative estimate of drug-likeness (QED) is 0.0318. The highest BCUT2D eigenvalue weighted by Crippen LogP contribution is 2.06. The minimum Gasteiger partial charge on any atom is -0.411 e. The Labute approximate surface area is 258 Å². The largest absolute Gasteiger partial charge is 0.411 e. The van der Waals surface area contributed by atoms with Crippen LogP contribution in [0, 0.1) is 0 Å². The highest BCUT2D eigenvalue weighted by molar-refractivity contribution is 5.90. The Morgan fingerprint density at radius 1 is 0.744 bits per heavy atom. The predicted molar refractivity (Wildman–Crippen MR) is 168 cm³/mol. The molecule has 43 heavy (non-hydrogen) atoms. The number of hydrogen-bond donors (Lipinski definition) is 7. The second-order valence-corrected chi connectivity index (χ2v) is 11.7. The summed E-state index contributed by atoms with van der Waals surface area (Å²) >= 11 is 0. The minimum atomic E-state index is -0.468. The van der Waals surface area contributed by atoms with Gasteiger partial charge in [0.1, 0.15) is 0 Å². The van der Waals surface area contributed by atoms with Gasteiger partial charge in [-0.3, -0.25) is 14.5 Å². The van der Waals surface area contributed by atoms with Crippen LogP contribution in [0.1, 0.15) is 74.1 Å². The maximum Gasteiger partial charge on any atom is 0.220 e. The van der Waals surface area contributed by atoms with E-state index in [-0.39, 0.29) is 30.8 Å². The van der Waals surface area contributed by atoms with Crippen LogP contribution in [0.3, 0.4) is 0 Å². The van der Waals surface area contributed by atoms with E-state index in [1.54, 1.807) is 20.8 Å². The third-order valence-electron chi connectivity index (χ3n) is 7.28. The number of carbonyl (C=O) groups is 2. The highest BCUT2D eigenvalue weighted by atomic mass is 16.5. The van der Waals surface area contributed by atoms with Gasteiger partial charge in [0.05, 0.1) is 48.4 Å². The van der Waals surface area contributed by atoms with Crippen molar-refractivity contribution in [1.82, 2.24) is 26.2 Å². The van der Waals surface area contributed by atoms with Crippen molar-refractivity contribution in [3.63, 3.8) is 0 Å². The number of hydrogen-bond acceptors (Lipinski definition) is 12. The van der Waals surface area contributed by atoms with Gasteiger partial charge in [0.15, 0.2) is 0 Å². The molecule has 252 valence electrons. The molecule has 0 saturated carbocycles. The molecule has 1 atom stereocenters. The Morgan fingerprint density at radius 2 is 1.19 bits per heavy atom. The van der Waals surface area contributed by atoms with Crippen molar-refractivity contribution in [1.29, 1.82) is 0 Å². The van der Waals surface area contributed by atoms with Gasteiger partial charge in [-0.2, -0.15) is 0 Å². The van der Waals surface area contributed by atoms with Crippen LogP contribution >= 0.6 is 0 Å². The second kappa shape index (κ2) is 23.1. The molecular weight excluding hydrogens is 558 g/mol. The zero-order valence-electron chi connectivity index (χ0n) is 27.5. The van der Waals surface area contributed by atoms with Gasteiger partial charge in [0.25, 0.3) is 0 Å².